The molecule has 5 heteroatoms. The van der Waals surface area contributed by atoms with Crippen LogP contribution in [0, 0.1) is 13.8 Å². The van der Waals surface area contributed by atoms with Crippen LogP contribution in [0.3, 0.4) is 0 Å². The minimum Gasteiger partial charge on any atom is -0.506 e. The van der Waals surface area contributed by atoms with Crippen molar-refractivity contribution in [2.45, 2.75) is 23.6 Å². The van der Waals surface area contributed by atoms with E-state index >= 15 is 0 Å². The third kappa shape index (κ3) is 3.19. The Balaban J connectivity index is 2.47. The van der Waals surface area contributed by atoms with Gasteiger partial charge in [0.05, 0.1) is 24.0 Å². The fraction of sp³-hybridized carbons (Fsp3) is 0.250. The molecule has 0 aliphatic heterocycles. The van der Waals surface area contributed by atoms with Crippen molar-refractivity contribution in [2.75, 3.05) is 14.2 Å². The van der Waals surface area contributed by atoms with E-state index in [9.17, 15) is 10.2 Å². The Hall–Kier alpha value is -2.01. The highest BCUT2D eigenvalue weighted by Crippen LogP contribution is 2.44. The molecular weight excluding hydrogens is 288 g/mol. The minimum absolute atomic E-state index is 0.181. The summed E-state index contributed by atoms with van der Waals surface area (Å²) in [6, 6.07) is 6.99. The molecule has 2 aromatic carbocycles. The molecule has 0 fully saturated rings. The van der Waals surface area contributed by atoms with E-state index < -0.39 is 0 Å². The molecule has 0 spiro atoms. The number of aryl methyl sites for hydroxylation is 2. The Morgan fingerprint density at radius 1 is 0.762 bits per heavy atom. The Bertz CT molecular complexity index is 610. The predicted molar refractivity (Wildman–Crippen MR) is 82.9 cm³/mol. The van der Waals surface area contributed by atoms with Crippen molar-refractivity contribution in [1.82, 2.24) is 0 Å². The van der Waals surface area contributed by atoms with Gasteiger partial charge in [-0.1, -0.05) is 11.8 Å². The van der Waals surface area contributed by atoms with E-state index in [2.05, 4.69) is 0 Å². The second-order valence-corrected chi connectivity index (χ2v) is 5.77. The summed E-state index contributed by atoms with van der Waals surface area (Å²) in [6.45, 7) is 3.61. The molecule has 2 rings (SSSR count). The smallest absolute Gasteiger partial charge is 0.132 e. The Kier molecular flexibility index (Phi) is 4.53. The molecule has 0 heterocycles. The summed E-state index contributed by atoms with van der Waals surface area (Å²) >= 11 is 1.27. The third-order valence-corrected chi connectivity index (χ3v) is 4.23. The summed E-state index contributed by atoms with van der Waals surface area (Å²) in [4.78, 5) is 1.24. The van der Waals surface area contributed by atoms with Crippen molar-refractivity contribution in [3.63, 3.8) is 0 Å². The molecule has 0 atom stereocenters. The van der Waals surface area contributed by atoms with Gasteiger partial charge in [0, 0.05) is 0 Å². The molecule has 4 nitrogen and oxygen atoms in total. The van der Waals surface area contributed by atoms with Crippen LogP contribution in [-0.4, -0.2) is 24.4 Å². The number of phenolic OH excluding ortho intramolecular Hbond substituents is 2. The van der Waals surface area contributed by atoms with Crippen LogP contribution in [0.25, 0.3) is 0 Å². The number of hydrogen-bond acceptors (Lipinski definition) is 5. The standard InChI is InChI=1S/C16H18O4S/c1-9-5-11(19-3)7-13(15(9)17)21-14-8-12(20-4)6-10(2)16(14)18/h5-8,17-18H,1-4H3. The molecule has 21 heavy (non-hydrogen) atoms. The SMILES string of the molecule is COc1cc(C)c(O)c(Sc2cc(OC)cc(C)c2O)c1. The first-order valence-electron chi connectivity index (χ1n) is 6.39. The monoisotopic (exact) mass is 306 g/mol. The quantitative estimate of drug-likeness (QED) is 0.897. The fourth-order valence-electron chi connectivity index (χ4n) is 1.94. The van der Waals surface area contributed by atoms with Gasteiger partial charge in [0.15, 0.2) is 0 Å². The summed E-state index contributed by atoms with van der Waals surface area (Å²) in [5, 5.41) is 20.4. The first-order chi connectivity index (χ1) is 9.96. The van der Waals surface area contributed by atoms with Gasteiger partial charge in [0.25, 0.3) is 0 Å². The lowest BCUT2D eigenvalue weighted by Gasteiger charge is -2.13. The van der Waals surface area contributed by atoms with Crippen LogP contribution in [0.15, 0.2) is 34.1 Å². The van der Waals surface area contributed by atoms with Crippen LogP contribution in [0.1, 0.15) is 11.1 Å². The van der Waals surface area contributed by atoms with Crippen molar-refractivity contribution in [2.24, 2.45) is 0 Å². The molecule has 0 aliphatic carbocycles. The number of hydrogen-bond donors (Lipinski definition) is 2. The van der Waals surface area contributed by atoms with Gasteiger partial charge >= 0.3 is 0 Å². The highest BCUT2D eigenvalue weighted by atomic mass is 32.2. The maximum atomic E-state index is 10.2. The minimum atomic E-state index is 0.181. The van der Waals surface area contributed by atoms with E-state index in [1.165, 1.54) is 11.8 Å². The molecule has 2 N–H and O–H groups in total. The van der Waals surface area contributed by atoms with Crippen LogP contribution >= 0.6 is 11.8 Å². The summed E-state index contributed by atoms with van der Waals surface area (Å²) in [6.07, 6.45) is 0. The number of aromatic hydroxyl groups is 2. The van der Waals surface area contributed by atoms with Crippen LogP contribution in [0.2, 0.25) is 0 Å². The first-order valence-corrected chi connectivity index (χ1v) is 7.21. The van der Waals surface area contributed by atoms with Gasteiger partial charge in [0.1, 0.15) is 23.0 Å². The largest absolute Gasteiger partial charge is 0.506 e. The van der Waals surface area contributed by atoms with Crippen LogP contribution in [0.4, 0.5) is 0 Å². The van der Waals surface area contributed by atoms with E-state index in [1.807, 2.05) is 0 Å². The van der Waals surface area contributed by atoms with Crippen LogP contribution in [-0.2, 0) is 0 Å². The summed E-state index contributed by atoms with van der Waals surface area (Å²) in [5.41, 5.74) is 1.44. The molecule has 112 valence electrons. The highest BCUT2D eigenvalue weighted by Gasteiger charge is 2.14. The zero-order chi connectivity index (χ0) is 15.6. The van der Waals surface area contributed by atoms with Crippen molar-refractivity contribution < 1.29 is 19.7 Å². The lowest BCUT2D eigenvalue weighted by molar-refractivity contribution is 0.406. The second kappa shape index (κ2) is 6.18. The van der Waals surface area contributed by atoms with Crippen molar-refractivity contribution in [3.8, 4) is 23.0 Å². The topological polar surface area (TPSA) is 58.9 Å². The normalized spacial score (nSPS) is 10.5. The fourth-order valence-corrected chi connectivity index (χ4v) is 3.04. The van der Waals surface area contributed by atoms with E-state index in [4.69, 9.17) is 9.47 Å². The molecule has 0 bridgehead atoms. The Morgan fingerprint density at radius 3 is 1.48 bits per heavy atom. The van der Waals surface area contributed by atoms with E-state index in [1.54, 1.807) is 52.3 Å². The van der Waals surface area contributed by atoms with Gasteiger partial charge in [0.2, 0.25) is 0 Å². The second-order valence-electron chi connectivity index (χ2n) is 4.68. The van der Waals surface area contributed by atoms with Crippen molar-refractivity contribution in [1.29, 1.82) is 0 Å². The molecule has 0 radical (unpaired) electrons. The lowest BCUT2D eigenvalue weighted by atomic mass is 10.2. The highest BCUT2D eigenvalue weighted by molar-refractivity contribution is 7.99. The third-order valence-electron chi connectivity index (χ3n) is 3.17. The average Bonchev–Trinajstić information content (AvgIpc) is 2.47. The Labute approximate surface area is 128 Å². The van der Waals surface area contributed by atoms with Gasteiger partial charge < -0.3 is 19.7 Å². The number of phenols is 2. The van der Waals surface area contributed by atoms with Crippen LogP contribution in [0.5, 0.6) is 23.0 Å². The zero-order valence-electron chi connectivity index (χ0n) is 12.4. The summed E-state index contributed by atoms with van der Waals surface area (Å²) < 4.78 is 10.4. The van der Waals surface area contributed by atoms with Gasteiger partial charge in [-0.05, 0) is 49.2 Å². The summed E-state index contributed by atoms with van der Waals surface area (Å²) in [7, 11) is 3.15. The van der Waals surface area contributed by atoms with E-state index in [-0.39, 0.29) is 11.5 Å². The van der Waals surface area contributed by atoms with E-state index in [0.29, 0.717) is 21.3 Å². The molecule has 0 amide bonds. The maximum Gasteiger partial charge on any atom is 0.132 e. The number of methoxy groups -OCH3 is 2. The molecule has 0 saturated carbocycles. The number of benzene rings is 2. The molecule has 0 unspecified atom stereocenters. The Morgan fingerprint density at radius 2 is 1.14 bits per heavy atom. The van der Waals surface area contributed by atoms with Gasteiger partial charge in [-0.15, -0.1) is 0 Å². The molecular formula is C16H18O4S. The van der Waals surface area contributed by atoms with Crippen LogP contribution < -0.4 is 9.47 Å². The molecule has 0 aliphatic rings. The van der Waals surface area contributed by atoms with Crippen molar-refractivity contribution in [3.05, 3.63) is 35.4 Å². The van der Waals surface area contributed by atoms with Gasteiger partial charge in [-0.3, -0.25) is 0 Å². The van der Waals surface area contributed by atoms with Gasteiger partial charge in [-0.2, -0.15) is 0 Å². The maximum absolute atomic E-state index is 10.2. The summed E-state index contributed by atoms with van der Waals surface area (Å²) in [5.74, 6) is 1.68. The molecule has 0 aromatic heterocycles. The lowest BCUT2D eigenvalue weighted by Crippen LogP contribution is -1.89. The van der Waals surface area contributed by atoms with Gasteiger partial charge in [-0.25, -0.2) is 0 Å². The van der Waals surface area contributed by atoms with E-state index in [0.717, 1.165) is 11.1 Å². The first kappa shape index (κ1) is 15.4. The zero-order valence-corrected chi connectivity index (χ0v) is 13.2. The number of ether oxygens (including phenoxy) is 2. The predicted octanol–water partition coefficient (Wildman–Crippen LogP) is 3.88. The average molecular weight is 306 g/mol. The van der Waals surface area contributed by atoms with Crippen molar-refractivity contribution >= 4 is 11.8 Å². The number of rotatable bonds is 4. The molecule has 0 saturated heterocycles. The molecule has 2 aromatic rings.